The van der Waals surface area contributed by atoms with Gasteiger partial charge in [0.05, 0.1) is 6.54 Å². The van der Waals surface area contributed by atoms with E-state index >= 15 is 0 Å². The number of likely N-dealkylation sites (tertiary alicyclic amines) is 1. The molecule has 12 heavy (non-hydrogen) atoms. The molecule has 4 heteroatoms. The van der Waals surface area contributed by atoms with Gasteiger partial charge in [-0.3, -0.25) is 4.90 Å². The largest absolute Gasteiger partial charge is 0.297 e. The zero-order valence-corrected chi connectivity index (χ0v) is 8.56. The van der Waals surface area contributed by atoms with Gasteiger partial charge < -0.3 is 0 Å². The van der Waals surface area contributed by atoms with Crippen LogP contribution in [-0.2, 0) is 0 Å². The summed E-state index contributed by atoms with van der Waals surface area (Å²) in [7, 11) is 0. The Morgan fingerprint density at radius 2 is 2.25 bits per heavy atom. The molecule has 0 spiro atoms. The lowest BCUT2D eigenvalue weighted by Crippen LogP contribution is -2.26. The Morgan fingerprint density at radius 1 is 1.50 bits per heavy atom. The highest BCUT2D eigenvalue weighted by molar-refractivity contribution is 9.09. The Morgan fingerprint density at radius 3 is 2.83 bits per heavy atom. The highest BCUT2D eigenvalue weighted by Gasteiger charge is 2.23. The van der Waals surface area contributed by atoms with Crippen LogP contribution < -0.4 is 0 Å². The second-order valence-corrected chi connectivity index (χ2v) is 4.08. The third-order valence-corrected chi connectivity index (χ3v) is 2.74. The van der Waals surface area contributed by atoms with Crippen molar-refractivity contribution in [2.45, 2.75) is 19.3 Å². The maximum atomic E-state index is 11.9. The Balaban J connectivity index is 2.16. The van der Waals surface area contributed by atoms with Crippen molar-refractivity contribution in [3.05, 3.63) is 0 Å². The highest BCUT2D eigenvalue weighted by atomic mass is 79.9. The second kappa shape index (κ2) is 5.12. The van der Waals surface area contributed by atoms with Gasteiger partial charge in [-0.15, -0.1) is 0 Å². The van der Waals surface area contributed by atoms with E-state index in [-0.39, 0.29) is 6.54 Å². The zero-order chi connectivity index (χ0) is 8.97. The maximum Gasteiger partial charge on any atom is 0.251 e. The lowest BCUT2D eigenvalue weighted by molar-refractivity contribution is 0.0979. The molecule has 0 aromatic rings. The molecule has 1 nitrogen and oxygen atoms in total. The average Bonchev–Trinajstić information content (AvgIpc) is 2.36. The number of hydrogen-bond donors (Lipinski definition) is 0. The molecular formula is C8H14BrF2N. The summed E-state index contributed by atoms with van der Waals surface area (Å²) in [4.78, 5) is 1.86. The van der Waals surface area contributed by atoms with Crippen molar-refractivity contribution in [2.75, 3.05) is 25.0 Å². The van der Waals surface area contributed by atoms with Gasteiger partial charge in [-0.2, -0.15) is 0 Å². The SMILES string of the molecule is FC(F)CN1CCC(CCBr)C1. The zero-order valence-electron chi connectivity index (χ0n) is 6.98. The predicted octanol–water partition coefficient (Wildman–Crippen LogP) is 2.36. The minimum Gasteiger partial charge on any atom is -0.297 e. The molecule has 1 rings (SSSR count). The molecule has 0 saturated carbocycles. The summed E-state index contributed by atoms with van der Waals surface area (Å²) in [5.74, 6) is 0.628. The first-order valence-corrected chi connectivity index (χ1v) is 5.41. The van der Waals surface area contributed by atoms with Gasteiger partial charge in [0.25, 0.3) is 6.43 Å². The van der Waals surface area contributed by atoms with Crippen molar-refractivity contribution in [3.63, 3.8) is 0 Å². The standard InChI is InChI=1S/C8H14BrF2N/c9-3-1-7-2-4-12(5-7)6-8(10)11/h7-8H,1-6H2. The van der Waals surface area contributed by atoms with E-state index in [4.69, 9.17) is 0 Å². The van der Waals surface area contributed by atoms with E-state index in [9.17, 15) is 8.78 Å². The summed E-state index contributed by atoms with van der Waals surface area (Å²) in [6.45, 7) is 1.66. The maximum absolute atomic E-state index is 11.9. The van der Waals surface area contributed by atoms with E-state index in [2.05, 4.69) is 15.9 Å². The van der Waals surface area contributed by atoms with Crippen molar-refractivity contribution in [1.82, 2.24) is 4.90 Å². The Hall–Kier alpha value is 0.300. The summed E-state index contributed by atoms with van der Waals surface area (Å²) in [6.07, 6.45) is 0.0191. The lowest BCUT2D eigenvalue weighted by atomic mass is 10.1. The van der Waals surface area contributed by atoms with Crippen LogP contribution in [0.5, 0.6) is 0 Å². The van der Waals surface area contributed by atoms with Gasteiger partial charge in [0, 0.05) is 11.9 Å². The van der Waals surface area contributed by atoms with Crippen LogP contribution in [0.2, 0.25) is 0 Å². The molecule has 1 fully saturated rings. The van der Waals surface area contributed by atoms with E-state index in [0.29, 0.717) is 5.92 Å². The minimum atomic E-state index is -2.17. The van der Waals surface area contributed by atoms with Crippen molar-refractivity contribution in [3.8, 4) is 0 Å². The summed E-state index contributed by atoms with van der Waals surface area (Å²) in [5.41, 5.74) is 0. The Bertz CT molecular complexity index is 132. The summed E-state index contributed by atoms with van der Waals surface area (Å²) < 4.78 is 23.9. The van der Waals surface area contributed by atoms with Crippen molar-refractivity contribution < 1.29 is 8.78 Å². The fourth-order valence-electron chi connectivity index (χ4n) is 1.66. The van der Waals surface area contributed by atoms with Gasteiger partial charge in [-0.1, -0.05) is 15.9 Å². The number of alkyl halides is 3. The van der Waals surface area contributed by atoms with Crippen LogP contribution in [0.4, 0.5) is 8.78 Å². The first-order chi connectivity index (χ1) is 5.72. The molecule has 1 unspecified atom stereocenters. The van der Waals surface area contributed by atoms with Gasteiger partial charge in [0.1, 0.15) is 0 Å². The average molecular weight is 242 g/mol. The van der Waals surface area contributed by atoms with Crippen LogP contribution in [-0.4, -0.2) is 36.3 Å². The molecule has 0 aromatic carbocycles. The van der Waals surface area contributed by atoms with Gasteiger partial charge in [0.15, 0.2) is 0 Å². The molecule has 1 saturated heterocycles. The van der Waals surface area contributed by atoms with Crippen molar-refractivity contribution in [1.29, 1.82) is 0 Å². The Kier molecular flexibility index (Phi) is 4.43. The molecule has 0 N–H and O–H groups in total. The fraction of sp³-hybridized carbons (Fsp3) is 1.00. The number of nitrogens with zero attached hydrogens (tertiary/aromatic N) is 1. The van der Waals surface area contributed by atoms with Crippen LogP contribution in [0.25, 0.3) is 0 Å². The number of hydrogen-bond acceptors (Lipinski definition) is 1. The van der Waals surface area contributed by atoms with E-state index in [1.54, 1.807) is 0 Å². The molecule has 0 aliphatic carbocycles. The van der Waals surface area contributed by atoms with Gasteiger partial charge >= 0.3 is 0 Å². The molecule has 0 aromatic heterocycles. The quantitative estimate of drug-likeness (QED) is 0.684. The van der Waals surface area contributed by atoms with Crippen LogP contribution in [0.3, 0.4) is 0 Å². The highest BCUT2D eigenvalue weighted by Crippen LogP contribution is 2.20. The Labute approximate surface area is 80.2 Å². The predicted molar refractivity (Wildman–Crippen MR) is 49.0 cm³/mol. The molecule has 1 heterocycles. The molecule has 1 aliphatic rings. The normalized spacial score (nSPS) is 25.5. The van der Waals surface area contributed by atoms with E-state index < -0.39 is 6.43 Å². The van der Waals surface area contributed by atoms with Crippen LogP contribution in [0.1, 0.15) is 12.8 Å². The van der Waals surface area contributed by atoms with Crippen molar-refractivity contribution in [2.24, 2.45) is 5.92 Å². The molecule has 0 amide bonds. The van der Waals surface area contributed by atoms with E-state index in [0.717, 1.165) is 31.3 Å². The van der Waals surface area contributed by atoms with E-state index in [1.165, 1.54) is 0 Å². The third-order valence-electron chi connectivity index (χ3n) is 2.28. The van der Waals surface area contributed by atoms with Gasteiger partial charge in [0.2, 0.25) is 0 Å². The number of rotatable bonds is 4. The molecule has 0 radical (unpaired) electrons. The molecule has 1 atom stereocenters. The molecule has 72 valence electrons. The van der Waals surface area contributed by atoms with Crippen molar-refractivity contribution >= 4 is 15.9 Å². The van der Waals surface area contributed by atoms with Gasteiger partial charge in [-0.25, -0.2) is 8.78 Å². The van der Waals surface area contributed by atoms with E-state index in [1.807, 2.05) is 4.90 Å². The second-order valence-electron chi connectivity index (χ2n) is 3.28. The molecule has 1 aliphatic heterocycles. The first-order valence-electron chi connectivity index (χ1n) is 4.29. The van der Waals surface area contributed by atoms with Crippen LogP contribution in [0.15, 0.2) is 0 Å². The third kappa shape index (κ3) is 3.35. The van der Waals surface area contributed by atoms with Crippen LogP contribution in [0, 0.1) is 5.92 Å². The fourth-order valence-corrected chi connectivity index (χ4v) is 2.31. The topological polar surface area (TPSA) is 3.24 Å². The molecular weight excluding hydrogens is 228 g/mol. The van der Waals surface area contributed by atoms with Crippen LogP contribution >= 0.6 is 15.9 Å². The smallest absolute Gasteiger partial charge is 0.251 e. The monoisotopic (exact) mass is 241 g/mol. The lowest BCUT2D eigenvalue weighted by Gasteiger charge is -2.14. The molecule has 0 bridgehead atoms. The summed E-state index contributed by atoms with van der Waals surface area (Å²) in [6, 6.07) is 0. The summed E-state index contributed by atoms with van der Waals surface area (Å²) >= 11 is 3.36. The van der Waals surface area contributed by atoms with Gasteiger partial charge in [-0.05, 0) is 25.3 Å². The summed E-state index contributed by atoms with van der Waals surface area (Å²) in [5, 5.41) is 0.986. The number of halogens is 3. The minimum absolute atomic E-state index is 0.0429. The first kappa shape index (κ1) is 10.4.